The van der Waals surface area contributed by atoms with E-state index in [4.69, 9.17) is 0 Å². The maximum atomic E-state index is 12.0. The molecule has 1 aliphatic rings. The van der Waals surface area contributed by atoms with Gasteiger partial charge in [0.15, 0.2) is 0 Å². The van der Waals surface area contributed by atoms with Crippen LogP contribution in [-0.2, 0) is 9.59 Å². The number of nitro benzene ring substituents is 1. The Balaban J connectivity index is 1.62. The predicted octanol–water partition coefficient (Wildman–Crippen LogP) is 3.37. The number of nitrogens with zero attached hydrogens (tertiary/aromatic N) is 2. The van der Waals surface area contributed by atoms with Gasteiger partial charge in [-0.2, -0.15) is 0 Å². The molecule has 2 amide bonds. The molecule has 0 radical (unpaired) electrons. The lowest BCUT2D eigenvalue weighted by molar-refractivity contribution is -0.384. The Morgan fingerprint density at radius 3 is 2.62 bits per heavy atom. The van der Waals surface area contributed by atoms with Crippen molar-refractivity contribution in [3.8, 4) is 0 Å². The third kappa shape index (κ3) is 4.13. The summed E-state index contributed by atoms with van der Waals surface area (Å²) in [5, 5.41) is 13.5. The van der Waals surface area contributed by atoms with E-state index in [-0.39, 0.29) is 17.5 Å². The highest BCUT2D eigenvalue weighted by atomic mass is 16.6. The monoisotopic (exact) mass is 351 g/mol. The fourth-order valence-electron chi connectivity index (χ4n) is 2.74. The second-order valence-electron chi connectivity index (χ2n) is 5.87. The van der Waals surface area contributed by atoms with Crippen molar-refractivity contribution in [3.05, 3.63) is 70.3 Å². The Bertz CT molecular complexity index is 875. The van der Waals surface area contributed by atoms with Crippen molar-refractivity contribution >= 4 is 35.0 Å². The van der Waals surface area contributed by atoms with Crippen molar-refractivity contribution in [2.45, 2.75) is 12.8 Å². The Morgan fingerprint density at radius 2 is 1.96 bits per heavy atom. The van der Waals surface area contributed by atoms with Gasteiger partial charge in [0.1, 0.15) is 0 Å². The number of anilines is 2. The quantitative estimate of drug-likeness (QED) is 0.508. The van der Waals surface area contributed by atoms with E-state index in [0.29, 0.717) is 17.7 Å². The number of non-ortho nitro benzene ring substituents is 1. The first-order valence-corrected chi connectivity index (χ1v) is 8.17. The van der Waals surface area contributed by atoms with Crippen LogP contribution in [-0.4, -0.2) is 23.3 Å². The van der Waals surface area contributed by atoms with E-state index in [2.05, 4.69) is 5.32 Å². The molecule has 1 fully saturated rings. The van der Waals surface area contributed by atoms with Crippen LogP contribution >= 0.6 is 0 Å². The first-order chi connectivity index (χ1) is 12.5. The molecule has 0 saturated carbocycles. The molecule has 26 heavy (non-hydrogen) atoms. The second-order valence-corrected chi connectivity index (χ2v) is 5.87. The fraction of sp³-hybridized carbons (Fsp3) is 0.158. The molecule has 0 spiro atoms. The second kappa shape index (κ2) is 7.60. The summed E-state index contributed by atoms with van der Waals surface area (Å²) in [5.74, 6) is -0.233. The minimum absolute atomic E-state index is 0.0281. The first-order valence-electron chi connectivity index (χ1n) is 8.17. The number of amides is 2. The first kappa shape index (κ1) is 17.3. The van der Waals surface area contributed by atoms with Gasteiger partial charge < -0.3 is 10.2 Å². The van der Waals surface area contributed by atoms with Crippen LogP contribution in [0.25, 0.3) is 6.08 Å². The molecule has 0 unspecified atom stereocenters. The summed E-state index contributed by atoms with van der Waals surface area (Å²) in [6.07, 6.45) is 4.26. The van der Waals surface area contributed by atoms with Crippen LogP contribution in [0, 0.1) is 10.1 Å². The minimum atomic E-state index is -0.482. The van der Waals surface area contributed by atoms with Gasteiger partial charge in [0, 0.05) is 42.5 Å². The lowest BCUT2D eigenvalue weighted by atomic mass is 10.2. The number of rotatable bonds is 5. The zero-order valence-corrected chi connectivity index (χ0v) is 13.9. The number of carbonyl (C=O) groups excluding carboxylic acids is 2. The third-order valence-electron chi connectivity index (χ3n) is 4.03. The summed E-state index contributed by atoms with van der Waals surface area (Å²) in [6, 6.07) is 13.1. The summed E-state index contributed by atoms with van der Waals surface area (Å²) >= 11 is 0. The van der Waals surface area contributed by atoms with Gasteiger partial charge in [0.05, 0.1) is 4.92 Å². The minimum Gasteiger partial charge on any atom is -0.323 e. The SMILES string of the molecule is O=C(/C=C/c1cccc([N+](=O)[O-])c1)Nc1ccc(N2CCCC2=O)cc1. The normalized spacial score (nSPS) is 14.0. The van der Waals surface area contributed by atoms with Crippen molar-refractivity contribution in [1.82, 2.24) is 0 Å². The van der Waals surface area contributed by atoms with Crippen molar-refractivity contribution in [2.75, 3.05) is 16.8 Å². The average molecular weight is 351 g/mol. The number of hydrogen-bond donors (Lipinski definition) is 1. The van der Waals surface area contributed by atoms with Gasteiger partial charge in [0.25, 0.3) is 5.69 Å². The number of carbonyl (C=O) groups is 2. The zero-order chi connectivity index (χ0) is 18.5. The number of benzene rings is 2. The Hall–Kier alpha value is -3.48. The van der Waals surface area contributed by atoms with Crippen LogP contribution in [0.1, 0.15) is 18.4 Å². The van der Waals surface area contributed by atoms with Gasteiger partial charge in [-0.05, 0) is 42.3 Å². The van der Waals surface area contributed by atoms with E-state index < -0.39 is 4.92 Å². The zero-order valence-electron chi connectivity index (χ0n) is 13.9. The lowest BCUT2D eigenvalue weighted by Crippen LogP contribution is -2.23. The van der Waals surface area contributed by atoms with Gasteiger partial charge >= 0.3 is 0 Å². The van der Waals surface area contributed by atoms with Crippen molar-refractivity contribution in [1.29, 1.82) is 0 Å². The molecular formula is C19H17N3O4. The van der Waals surface area contributed by atoms with E-state index in [9.17, 15) is 19.7 Å². The van der Waals surface area contributed by atoms with Crippen LogP contribution in [0.4, 0.5) is 17.1 Å². The Morgan fingerprint density at radius 1 is 1.19 bits per heavy atom. The maximum Gasteiger partial charge on any atom is 0.270 e. The summed E-state index contributed by atoms with van der Waals surface area (Å²) in [5.41, 5.74) is 1.96. The average Bonchev–Trinajstić information content (AvgIpc) is 3.07. The highest BCUT2D eigenvalue weighted by Gasteiger charge is 2.21. The summed E-state index contributed by atoms with van der Waals surface area (Å²) in [4.78, 5) is 35.7. The molecule has 1 N–H and O–H groups in total. The number of nitrogens with one attached hydrogen (secondary N) is 1. The lowest BCUT2D eigenvalue weighted by Gasteiger charge is -2.15. The molecule has 1 heterocycles. The standard InChI is InChI=1S/C19H17N3O4/c23-18(11-6-14-3-1-4-17(13-14)22(25)26)20-15-7-9-16(10-8-15)21-12-2-5-19(21)24/h1,3-4,6-11,13H,2,5,12H2,(H,20,23)/b11-6+. The van der Waals surface area contributed by atoms with Crippen LogP contribution in [0.5, 0.6) is 0 Å². The molecule has 7 heteroatoms. The molecule has 2 aromatic rings. The van der Waals surface area contributed by atoms with Crippen molar-refractivity contribution in [3.63, 3.8) is 0 Å². The molecule has 0 aliphatic carbocycles. The van der Waals surface area contributed by atoms with E-state index >= 15 is 0 Å². The molecule has 0 atom stereocenters. The molecule has 1 saturated heterocycles. The molecule has 0 bridgehead atoms. The van der Waals surface area contributed by atoms with Crippen LogP contribution in [0.3, 0.4) is 0 Å². The number of hydrogen-bond acceptors (Lipinski definition) is 4. The Kier molecular flexibility index (Phi) is 5.07. The molecule has 132 valence electrons. The maximum absolute atomic E-state index is 12.0. The van der Waals surface area contributed by atoms with Gasteiger partial charge in [-0.15, -0.1) is 0 Å². The topological polar surface area (TPSA) is 92.5 Å². The van der Waals surface area contributed by atoms with Gasteiger partial charge in [-0.25, -0.2) is 0 Å². The highest BCUT2D eigenvalue weighted by molar-refractivity contribution is 6.02. The molecule has 1 aliphatic heterocycles. The molecular weight excluding hydrogens is 334 g/mol. The molecule has 2 aromatic carbocycles. The third-order valence-corrected chi connectivity index (χ3v) is 4.03. The van der Waals surface area contributed by atoms with Gasteiger partial charge in [-0.3, -0.25) is 19.7 Å². The number of nitro groups is 1. The fourth-order valence-corrected chi connectivity index (χ4v) is 2.74. The summed E-state index contributed by atoms with van der Waals surface area (Å²) in [7, 11) is 0. The van der Waals surface area contributed by atoms with E-state index in [0.717, 1.165) is 18.7 Å². The largest absolute Gasteiger partial charge is 0.323 e. The van der Waals surface area contributed by atoms with Crippen LogP contribution in [0.15, 0.2) is 54.6 Å². The van der Waals surface area contributed by atoms with Crippen LogP contribution in [0.2, 0.25) is 0 Å². The van der Waals surface area contributed by atoms with Gasteiger partial charge in [0.2, 0.25) is 11.8 Å². The van der Waals surface area contributed by atoms with Gasteiger partial charge in [-0.1, -0.05) is 12.1 Å². The predicted molar refractivity (Wildman–Crippen MR) is 98.8 cm³/mol. The summed E-state index contributed by atoms with van der Waals surface area (Å²) in [6.45, 7) is 0.719. The molecule has 7 nitrogen and oxygen atoms in total. The van der Waals surface area contributed by atoms with E-state index in [1.54, 1.807) is 41.3 Å². The Labute approximate surface area is 150 Å². The summed E-state index contributed by atoms with van der Waals surface area (Å²) < 4.78 is 0. The molecule has 3 rings (SSSR count). The van der Waals surface area contributed by atoms with Crippen molar-refractivity contribution in [2.24, 2.45) is 0 Å². The smallest absolute Gasteiger partial charge is 0.270 e. The highest BCUT2D eigenvalue weighted by Crippen LogP contribution is 2.23. The van der Waals surface area contributed by atoms with Crippen LogP contribution < -0.4 is 10.2 Å². The van der Waals surface area contributed by atoms with E-state index in [1.165, 1.54) is 24.3 Å². The molecule has 0 aromatic heterocycles. The van der Waals surface area contributed by atoms with Crippen molar-refractivity contribution < 1.29 is 14.5 Å². The van der Waals surface area contributed by atoms with E-state index in [1.807, 2.05) is 0 Å².